The summed E-state index contributed by atoms with van der Waals surface area (Å²) in [5.41, 5.74) is 8.47. The zero-order chi connectivity index (χ0) is 14.1. The van der Waals surface area contributed by atoms with Crippen molar-refractivity contribution in [1.29, 1.82) is 0 Å². The molecule has 7 heteroatoms. The monoisotopic (exact) mass is 333 g/mol. The van der Waals surface area contributed by atoms with Gasteiger partial charge in [0.1, 0.15) is 18.1 Å². The first-order valence-electron chi connectivity index (χ1n) is 5.98. The number of nitrogens with one attached hydrogen (secondary N) is 1. The molecule has 0 spiro atoms. The number of ether oxygens (including phenoxy) is 1. The van der Waals surface area contributed by atoms with Gasteiger partial charge in [-0.25, -0.2) is 0 Å². The van der Waals surface area contributed by atoms with Gasteiger partial charge in [-0.2, -0.15) is 9.97 Å². The van der Waals surface area contributed by atoms with Crippen molar-refractivity contribution in [2.75, 3.05) is 5.73 Å². The van der Waals surface area contributed by atoms with Crippen molar-refractivity contribution in [2.45, 2.75) is 13.5 Å². The predicted octanol–water partition coefficient (Wildman–Crippen LogP) is 2.59. The van der Waals surface area contributed by atoms with E-state index in [1.54, 1.807) is 6.20 Å². The van der Waals surface area contributed by atoms with Gasteiger partial charge < -0.3 is 15.5 Å². The number of aromatic amines is 1. The molecule has 0 aromatic carbocycles. The van der Waals surface area contributed by atoms with E-state index in [1.165, 1.54) is 0 Å². The van der Waals surface area contributed by atoms with Crippen molar-refractivity contribution >= 4 is 32.8 Å². The molecule has 0 radical (unpaired) electrons. The number of nitrogen functional groups attached to an aromatic ring is 1. The van der Waals surface area contributed by atoms with E-state index in [0.29, 0.717) is 18.1 Å². The topological polar surface area (TPSA) is 89.7 Å². The minimum atomic E-state index is 0.249. The second-order valence-electron chi connectivity index (χ2n) is 4.37. The third-order valence-electron chi connectivity index (χ3n) is 2.79. The largest absolute Gasteiger partial charge is 0.458 e. The zero-order valence-electron chi connectivity index (χ0n) is 10.7. The molecule has 0 saturated heterocycles. The van der Waals surface area contributed by atoms with Crippen LogP contribution in [0.25, 0.3) is 11.0 Å². The SMILES string of the molecule is Cc1cc(COc2nc(N)c3cc(Br)[nH]c3n2)ccn1. The number of rotatable bonds is 3. The number of hydrogen-bond donors (Lipinski definition) is 2. The molecule has 0 aliphatic rings. The second-order valence-corrected chi connectivity index (χ2v) is 5.22. The molecule has 20 heavy (non-hydrogen) atoms. The van der Waals surface area contributed by atoms with Gasteiger partial charge in [0.15, 0.2) is 0 Å². The Kier molecular flexibility index (Phi) is 3.27. The van der Waals surface area contributed by atoms with Crippen molar-refractivity contribution in [3.05, 3.63) is 40.3 Å². The summed E-state index contributed by atoms with van der Waals surface area (Å²) in [5, 5.41) is 0.768. The maximum Gasteiger partial charge on any atom is 0.320 e. The number of nitrogens with zero attached hydrogens (tertiary/aromatic N) is 3. The summed E-state index contributed by atoms with van der Waals surface area (Å²) in [5.74, 6) is 0.387. The highest BCUT2D eigenvalue weighted by Crippen LogP contribution is 2.24. The van der Waals surface area contributed by atoms with E-state index in [0.717, 1.165) is 21.2 Å². The minimum absolute atomic E-state index is 0.249. The van der Waals surface area contributed by atoms with Gasteiger partial charge in [0.25, 0.3) is 0 Å². The van der Waals surface area contributed by atoms with Gasteiger partial charge in [0.05, 0.1) is 9.99 Å². The highest BCUT2D eigenvalue weighted by molar-refractivity contribution is 9.10. The van der Waals surface area contributed by atoms with Crippen LogP contribution in [0.5, 0.6) is 6.01 Å². The molecule has 3 aromatic rings. The molecule has 0 unspecified atom stereocenters. The molecule has 3 aromatic heterocycles. The average molecular weight is 334 g/mol. The van der Waals surface area contributed by atoms with Crippen LogP contribution in [0.1, 0.15) is 11.3 Å². The Morgan fingerprint density at radius 1 is 1.35 bits per heavy atom. The van der Waals surface area contributed by atoms with Crippen LogP contribution in [0.15, 0.2) is 29.0 Å². The fraction of sp³-hybridized carbons (Fsp3) is 0.154. The predicted molar refractivity (Wildman–Crippen MR) is 79.3 cm³/mol. The molecular weight excluding hydrogens is 322 g/mol. The number of aryl methyl sites for hydroxylation is 1. The van der Waals surface area contributed by atoms with Crippen molar-refractivity contribution < 1.29 is 4.74 Å². The lowest BCUT2D eigenvalue weighted by Gasteiger charge is -2.06. The second kappa shape index (κ2) is 5.09. The van der Waals surface area contributed by atoms with Crippen LogP contribution in [0, 0.1) is 6.92 Å². The summed E-state index contributed by atoms with van der Waals surface area (Å²) in [6, 6.07) is 5.92. The summed E-state index contributed by atoms with van der Waals surface area (Å²) < 4.78 is 6.38. The molecule has 3 rings (SSSR count). The summed E-state index contributed by atoms with van der Waals surface area (Å²) in [6.07, 6.45) is 1.74. The maximum atomic E-state index is 5.88. The Morgan fingerprint density at radius 3 is 3.00 bits per heavy atom. The molecule has 0 fully saturated rings. The first kappa shape index (κ1) is 12.9. The Hall–Kier alpha value is -2.15. The van der Waals surface area contributed by atoms with Crippen LogP contribution >= 0.6 is 15.9 Å². The van der Waals surface area contributed by atoms with Crippen LogP contribution in [-0.2, 0) is 6.61 Å². The van der Waals surface area contributed by atoms with E-state index in [1.807, 2.05) is 25.1 Å². The van der Waals surface area contributed by atoms with Crippen molar-refractivity contribution in [3.8, 4) is 6.01 Å². The smallest absolute Gasteiger partial charge is 0.320 e. The van der Waals surface area contributed by atoms with Crippen LogP contribution in [-0.4, -0.2) is 19.9 Å². The van der Waals surface area contributed by atoms with Gasteiger partial charge >= 0.3 is 6.01 Å². The number of pyridine rings is 1. The fourth-order valence-electron chi connectivity index (χ4n) is 1.89. The van der Waals surface area contributed by atoms with Gasteiger partial charge in [-0.3, -0.25) is 4.98 Å². The van der Waals surface area contributed by atoms with Gasteiger partial charge in [0.2, 0.25) is 0 Å². The van der Waals surface area contributed by atoms with E-state index in [4.69, 9.17) is 10.5 Å². The van der Waals surface area contributed by atoms with E-state index >= 15 is 0 Å². The molecule has 102 valence electrons. The number of H-pyrrole nitrogens is 1. The van der Waals surface area contributed by atoms with Gasteiger partial charge in [-0.15, -0.1) is 0 Å². The van der Waals surface area contributed by atoms with Crippen LogP contribution in [0.3, 0.4) is 0 Å². The normalized spacial score (nSPS) is 10.9. The standard InChI is InChI=1S/C13H12BrN5O/c1-7-4-8(2-3-16-7)6-20-13-18-11(15)9-5-10(14)17-12(9)19-13/h2-5H,6H2,1H3,(H3,15,17,18,19). The highest BCUT2D eigenvalue weighted by Gasteiger charge is 2.09. The average Bonchev–Trinajstić information content (AvgIpc) is 2.78. The lowest BCUT2D eigenvalue weighted by atomic mass is 10.2. The molecule has 0 saturated carbocycles. The third-order valence-corrected chi connectivity index (χ3v) is 3.22. The molecule has 3 heterocycles. The van der Waals surface area contributed by atoms with Crippen LogP contribution in [0.2, 0.25) is 0 Å². The third kappa shape index (κ3) is 2.57. The number of fused-ring (bicyclic) bond motifs is 1. The van der Waals surface area contributed by atoms with Crippen LogP contribution < -0.4 is 10.5 Å². The van der Waals surface area contributed by atoms with Gasteiger partial charge in [0, 0.05) is 11.9 Å². The van der Waals surface area contributed by atoms with Gasteiger partial charge in [-0.1, -0.05) is 0 Å². The van der Waals surface area contributed by atoms with Gasteiger partial charge in [-0.05, 0) is 46.6 Å². The number of aromatic nitrogens is 4. The minimum Gasteiger partial charge on any atom is -0.458 e. The molecule has 0 atom stereocenters. The van der Waals surface area contributed by atoms with Crippen molar-refractivity contribution in [3.63, 3.8) is 0 Å². The van der Waals surface area contributed by atoms with Crippen molar-refractivity contribution in [2.24, 2.45) is 0 Å². The van der Waals surface area contributed by atoms with Crippen LogP contribution in [0.4, 0.5) is 5.82 Å². The maximum absolute atomic E-state index is 5.88. The number of nitrogens with two attached hydrogens (primary N) is 1. The Labute approximate surface area is 123 Å². The van der Waals surface area contributed by atoms with E-state index in [2.05, 4.69) is 35.9 Å². The molecule has 6 nitrogen and oxygen atoms in total. The lowest BCUT2D eigenvalue weighted by molar-refractivity contribution is 0.282. The molecule has 0 amide bonds. The molecule has 0 aliphatic heterocycles. The number of anilines is 1. The Morgan fingerprint density at radius 2 is 2.20 bits per heavy atom. The van der Waals surface area contributed by atoms with E-state index in [9.17, 15) is 0 Å². The molecule has 0 bridgehead atoms. The lowest BCUT2D eigenvalue weighted by Crippen LogP contribution is -2.02. The summed E-state index contributed by atoms with van der Waals surface area (Å²) in [6.45, 7) is 2.30. The van der Waals surface area contributed by atoms with E-state index in [-0.39, 0.29) is 6.01 Å². The quantitative estimate of drug-likeness (QED) is 0.768. The first-order valence-corrected chi connectivity index (χ1v) is 6.77. The summed E-state index contributed by atoms with van der Waals surface area (Å²) in [7, 11) is 0. The zero-order valence-corrected chi connectivity index (χ0v) is 12.3. The summed E-state index contributed by atoms with van der Waals surface area (Å²) in [4.78, 5) is 15.6. The molecule has 0 aliphatic carbocycles. The Bertz CT molecular complexity index is 771. The summed E-state index contributed by atoms with van der Waals surface area (Å²) >= 11 is 3.34. The number of hydrogen-bond acceptors (Lipinski definition) is 5. The van der Waals surface area contributed by atoms with Crippen molar-refractivity contribution in [1.82, 2.24) is 19.9 Å². The number of halogens is 1. The highest BCUT2D eigenvalue weighted by atomic mass is 79.9. The molecular formula is C13H12BrN5O. The Balaban J connectivity index is 1.84. The first-order chi connectivity index (χ1) is 9.61. The van der Waals surface area contributed by atoms with E-state index < -0.39 is 0 Å². The molecule has 3 N–H and O–H groups in total. The fourth-order valence-corrected chi connectivity index (χ4v) is 2.30.